The van der Waals surface area contributed by atoms with Gasteiger partial charge in [-0.25, -0.2) is 0 Å². The summed E-state index contributed by atoms with van der Waals surface area (Å²) in [5.74, 6) is -0.871. The fourth-order valence-electron chi connectivity index (χ4n) is 8.41. The van der Waals surface area contributed by atoms with E-state index in [9.17, 15) is 14.4 Å². The zero-order valence-corrected chi connectivity index (χ0v) is 45.1. The summed E-state index contributed by atoms with van der Waals surface area (Å²) in [6.07, 6.45) is 70.7. The fraction of sp³-hybridized carbons (Fsp3) is 0.790. The molecule has 1 atom stereocenters. The largest absolute Gasteiger partial charge is 0.462 e. The maximum atomic E-state index is 12.8. The third-order valence-corrected chi connectivity index (χ3v) is 12.8. The summed E-state index contributed by atoms with van der Waals surface area (Å²) in [5.41, 5.74) is 0. The third-order valence-electron chi connectivity index (χ3n) is 12.8. The Balaban J connectivity index is 4.30. The van der Waals surface area contributed by atoms with Crippen molar-refractivity contribution in [2.45, 2.75) is 303 Å². The summed E-state index contributed by atoms with van der Waals surface area (Å²) in [4.78, 5) is 38.1. The van der Waals surface area contributed by atoms with Gasteiger partial charge in [0, 0.05) is 19.3 Å². The molecule has 0 radical (unpaired) electrons. The van der Waals surface area contributed by atoms with Gasteiger partial charge >= 0.3 is 17.9 Å². The number of esters is 3. The van der Waals surface area contributed by atoms with Crippen LogP contribution in [0.5, 0.6) is 0 Å². The molecule has 0 saturated heterocycles. The second kappa shape index (κ2) is 56.7. The highest BCUT2D eigenvalue weighted by atomic mass is 16.6. The van der Waals surface area contributed by atoms with E-state index in [0.717, 1.165) is 96.3 Å². The van der Waals surface area contributed by atoms with Crippen LogP contribution in [0.15, 0.2) is 60.8 Å². The lowest BCUT2D eigenvalue weighted by Gasteiger charge is -2.18. The molecule has 0 bridgehead atoms. The molecule has 0 aromatic heterocycles. The first-order chi connectivity index (χ1) is 33.5. The van der Waals surface area contributed by atoms with Crippen molar-refractivity contribution < 1.29 is 28.6 Å². The lowest BCUT2D eigenvalue weighted by molar-refractivity contribution is -0.167. The van der Waals surface area contributed by atoms with Crippen LogP contribution in [0.1, 0.15) is 297 Å². The van der Waals surface area contributed by atoms with Gasteiger partial charge in [-0.2, -0.15) is 0 Å². The van der Waals surface area contributed by atoms with Gasteiger partial charge in [-0.05, 0) is 64.2 Å². The first-order valence-corrected chi connectivity index (χ1v) is 29.3. The number of hydrogen-bond donors (Lipinski definition) is 0. The van der Waals surface area contributed by atoms with Gasteiger partial charge in [0.1, 0.15) is 13.2 Å². The molecule has 0 aromatic rings. The van der Waals surface area contributed by atoms with Crippen molar-refractivity contribution in [1.29, 1.82) is 0 Å². The maximum Gasteiger partial charge on any atom is 0.306 e. The van der Waals surface area contributed by atoms with Crippen molar-refractivity contribution >= 4 is 17.9 Å². The summed E-state index contributed by atoms with van der Waals surface area (Å²) in [5, 5.41) is 0. The Bertz CT molecular complexity index is 1230. The molecule has 6 heteroatoms. The second-order valence-electron chi connectivity index (χ2n) is 19.5. The summed E-state index contributed by atoms with van der Waals surface area (Å²) in [7, 11) is 0. The zero-order valence-electron chi connectivity index (χ0n) is 45.1. The van der Waals surface area contributed by atoms with Gasteiger partial charge in [-0.3, -0.25) is 14.4 Å². The van der Waals surface area contributed by atoms with E-state index in [0.29, 0.717) is 19.3 Å². The molecule has 0 aliphatic carbocycles. The summed E-state index contributed by atoms with van der Waals surface area (Å²) >= 11 is 0. The van der Waals surface area contributed by atoms with E-state index in [-0.39, 0.29) is 31.1 Å². The minimum absolute atomic E-state index is 0.0735. The fourth-order valence-corrected chi connectivity index (χ4v) is 8.41. The maximum absolute atomic E-state index is 12.8. The van der Waals surface area contributed by atoms with E-state index < -0.39 is 6.10 Å². The molecular weight excluding hydrogens is 841 g/mol. The van der Waals surface area contributed by atoms with Crippen molar-refractivity contribution in [1.82, 2.24) is 0 Å². The van der Waals surface area contributed by atoms with E-state index in [1.807, 2.05) is 0 Å². The zero-order chi connectivity index (χ0) is 49.3. The van der Waals surface area contributed by atoms with E-state index in [1.165, 1.54) is 161 Å². The molecular formula is C62H110O6. The Morgan fingerprint density at radius 1 is 0.309 bits per heavy atom. The van der Waals surface area contributed by atoms with Gasteiger partial charge in [0.25, 0.3) is 0 Å². The number of allylic oxidation sites excluding steroid dienone is 10. The Labute approximate surface area is 421 Å². The third kappa shape index (κ3) is 54.1. The van der Waals surface area contributed by atoms with Gasteiger partial charge in [0.05, 0.1) is 0 Å². The Kier molecular flexibility index (Phi) is 54.3. The first-order valence-electron chi connectivity index (χ1n) is 29.3. The van der Waals surface area contributed by atoms with E-state index in [4.69, 9.17) is 14.2 Å². The molecule has 1 unspecified atom stereocenters. The lowest BCUT2D eigenvalue weighted by atomic mass is 10.0. The molecule has 0 N–H and O–H groups in total. The summed E-state index contributed by atoms with van der Waals surface area (Å²) in [6.45, 7) is 6.54. The average Bonchev–Trinajstić information content (AvgIpc) is 3.34. The predicted octanol–water partition coefficient (Wildman–Crippen LogP) is 19.6. The van der Waals surface area contributed by atoms with Crippen LogP contribution in [0.3, 0.4) is 0 Å². The molecule has 68 heavy (non-hydrogen) atoms. The van der Waals surface area contributed by atoms with Crippen molar-refractivity contribution in [3.63, 3.8) is 0 Å². The van der Waals surface area contributed by atoms with Crippen LogP contribution < -0.4 is 0 Å². The molecule has 0 rings (SSSR count). The average molecular weight is 952 g/mol. The molecule has 0 aromatic carbocycles. The Morgan fingerprint density at radius 3 is 0.897 bits per heavy atom. The number of carbonyl (C=O) groups is 3. The van der Waals surface area contributed by atoms with Gasteiger partial charge in [-0.1, -0.05) is 274 Å². The lowest BCUT2D eigenvalue weighted by Crippen LogP contribution is -2.30. The quantitative estimate of drug-likeness (QED) is 0.0262. The molecule has 0 aliphatic rings. The summed E-state index contributed by atoms with van der Waals surface area (Å²) in [6, 6.07) is 0. The van der Waals surface area contributed by atoms with Crippen LogP contribution in [-0.2, 0) is 28.6 Å². The molecule has 0 saturated carbocycles. The number of unbranched alkanes of at least 4 members (excludes halogenated alkanes) is 32. The van der Waals surface area contributed by atoms with Crippen LogP contribution in [0.25, 0.3) is 0 Å². The van der Waals surface area contributed by atoms with Crippen molar-refractivity contribution in [3.05, 3.63) is 60.8 Å². The standard InChI is InChI=1S/C62H110O6/c1-4-7-10-13-16-19-22-24-26-28-29-30-31-32-33-34-36-37-40-43-46-49-52-55-61(64)67-58-59(57-66-60(63)54-51-48-45-42-39-21-18-15-12-9-6-3)68-62(65)56-53-50-47-44-41-38-35-27-25-23-20-17-14-11-8-5-2/h7,10,16,19,24,26,29-30,32-33,59H,4-6,8-9,11-15,17-18,20-23,25,27-28,31,34-58H2,1-3H3/b10-7-,19-16-,26-24-,30-29-,33-32-. The molecule has 0 heterocycles. The summed E-state index contributed by atoms with van der Waals surface area (Å²) < 4.78 is 16.9. The minimum atomic E-state index is -0.775. The van der Waals surface area contributed by atoms with Crippen LogP contribution in [-0.4, -0.2) is 37.2 Å². The SMILES string of the molecule is CC/C=C\C/C=C\C/C=C\C/C=C\C/C=C\CCCCCCCCCC(=O)OCC(COC(=O)CCCCCCCCCCCCC)OC(=O)CCCCCCCCCCCCCCCCCC. The molecule has 0 spiro atoms. The number of rotatable bonds is 53. The van der Waals surface area contributed by atoms with Crippen molar-refractivity contribution in [2.75, 3.05) is 13.2 Å². The van der Waals surface area contributed by atoms with Crippen LogP contribution in [0.2, 0.25) is 0 Å². The second-order valence-corrected chi connectivity index (χ2v) is 19.5. The van der Waals surface area contributed by atoms with E-state index in [2.05, 4.69) is 81.5 Å². The topological polar surface area (TPSA) is 78.9 Å². The van der Waals surface area contributed by atoms with Gasteiger partial charge in [-0.15, -0.1) is 0 Å². The Morgan fingerprint density at radius 2 is 0.574 bits per heavy atom. The highest BCUT2D eigenvalue weighted by Crippen LogP contribution is 2.16. The van der Waals surface area contributed by atoms with Crippen LogP contribution in [0.4, 0.5) is 0 Å². The predicted molar refractivity (Wildman–Crippen MR) is 293 cm³/mol. The smallest absolute Gasteiger partial charge is 0.306 e. The van der Waals surface area contributed by atoms with E-state index in [1.54, 1.807) is 0 Å². The molecule has 394 valence electrons. The highest BCUT2D eigenvalue weighted by Gasteiger charge is 2.19. The number of hydrogen-bond acceptors (Lipinski definition) is 6. The molecule has 0 fully saturated rings. The van der Waals surface area contributed by atoms with Crippen molar-refractivity contribution in [2.24, 2.45) is 0 Å². The van der Waals surface area contributed by atoms with Crippen LogP contribution in [0, 0.1) is 0 Å². The first kappa shape index (κ1) is 65.1. The normalized spacial score (nSPS) is 12.5. The minimum Gasteiger partial charge on any atom is -0.462 e. The monoisotopic (exact) mass is 951 g/mol. The Hall–Kier alpha value is -2.89. The van der Waals surface area contributed by atoms with E-state index >= 15 is 0 Å². The van der Waals surface area contributed by atoms with Gasteiger partial charge < -0.3 is 14.2 Å². The van der Waals surface area contributed by atoms with Gasteiger partial charge in [0.15, 0.2) is 6.10 Å². The molecule has 0 amide bonds. The molecule has 6 nitrogen and oxygen atoms in total. The van der Waals surface area contributed by atoms with Crippen molar-refractivity contribution in [3.8, 4) is 0 Å². The van der Waals surface area contributed by atoms with Gasteiger partial charge in [0.2, 0.25) is 0 Å². The highest BCUT2D eigenvalue weighted by molar-refractivity contribution is 5.71. The molecule has 0 aliphatic heterocycles. The van der Waals surface area contributed by atoms with Crippen LogP contribution >= 0.6 is 0 Å². The number of carbonyl (C=O) groups excluding carboxylic acids is 3. The number of ether oxygens (including phenoxy) is 3.